The van der Waals surface area contributed by atoms with Crippen LogP contribution in [0.15, 0.2) is 30.3 Å². The number of carbonyl (C=O) groups excluding carboxylic acids is 2. The lowest BCUT2D eigenvalue weighted by molar-refractivity contribution is -0.864. The topological polar surface area (TPSA) is 133 Å². The predicted octanol–water partition coefficient (Wildman–Crippen LogP) is 0.451. The van der Waals surface area contributed by atoms with Crippen LogP contribution in [-0.2, 0) is 26.0 Å². The second-order valence-electron chi connectivity index (χ2n) is 8.90. The number of nitrogens with zero attached hydrogens (tertiary/aromatic N) is 2. The monoisotopic (exact) mass is 454 g/mol. The van der Waals surface area contributed by atoms with Crippen molar-refractivity contribution >= 4 is 21.8 Å². The zero-order valence-electron chi connectivity index (χ0n) is 18.5. The maximum atomic E-state index is 13.1. The molecule has 0 aromatic heterocycles. The molecule has 9 nitrogen and oxygen atoms in total. The van der Waals surface area contributed by atoms with E-state index >= 15 is 0 Å². The van der Waals surface area contributed by atoms with E-state index in [1.807, 2.05) is 44.2 Å². The summed E-state index contributed by atoms with van der Waals surface area (Å²) < 4.78 is 26.9. The van der Waals surface area contributed by atoms with Crippen LogP contribution in [0.1, 0.15) is 25.8 Å². The molecule has 0 spiro atoms. The van der Waals surface area contributed by atoms with Crippen molar-refractivity contribution in [3.63, 3.8) is 0 Å². The molecular weight excluding hydrogens is 420 g/mol. The number of likely N-dealkylation sites (N-methyl/N-ethyl adjacent to an activating group) is 1. The Morgan fingerprint density at radius 3 is 2.29 bits per heavy atom. The number of carbonyl (C=O) groups is 2. The van der Waals surface area contributed by atoms with E-state index < -0.39 is 44.2 Å². The predicted molar refractivity (Wildman–Crippen MR) is 119 cm³/mol. The zero-order valence-corrected chi connectivity index (χ0v) is 19.3. The minimum atomic E-state index is -3.77. The first-order valence-electron chi connectivity index (χ1n) is 10.6. The largest absolute Gasteiger partial charge is 0.633 e. The lowest BCUT2D eigenvalue weighted by Gasteiger charge is -2.44. The quantitative estimate of drug-likeness (QED) is 0.391. The van der Waals surface area contributed by atoms with Crippen LogP contribution in [0, 0.1) is 17.0 Å². The first-order chi connectivity index (χ1) is 14.4. The Morgan fingerprint density at radius 2 is 1.77 bits per heavy atom. The van der Waals surface area contributed by atoms with E-state index in [1.54, 1.807) is 0 Å². The molecule has 1 aromatic carbocycles. The minimum Gasteiger partial charge on any atom is -0.633 e. The maximum absolute atomic E-state index is 13.1. The summed E-state index contributed by atoms with van der Waals surface area (Å²) in [4.78, 5) is 24.8. The third-order valence-corrected chi connectivity index (χ3v) is 7.49. The molecule has 31 heavy (non-hydrogen) atoms. The number of hydrogen-bond donors (Lipinski definition) is 2. The van der Waals surface area contributed by atoms with Gasteiger partial charge in [-0.1, -0.05) is 44.2 Å². The van der Waals surface area contributed by atoms with Gasteiger partial charge in [0.05, 0.1) is 44.9 Å². The van der Waals surface area contributed by atoms with Crippen LogP contribution in [0.4, 0.5) is 0 Å². The highest BCUT2D eigenvalue weighted by Gasteiger charge is 2.35. The van der Waals surface area contributed by atoms with E-state index in [-0.39, 0.29) is 38.5 Å². The fourth-order valence-corrected chi connectivity index (χ4v) is 5.35. The van der Waals surface area contributed by atoms with Gasteiger partial charge in [0.2, 0.25) is 21.8 Å². The first kappa shape index (κ1) is 25.3. The number of rotatable bonds is 10. The van der Waals surface area contributed by atoms with Gasteiger partial charge in [-0.3, -0.25) is 9.59 Å². The molecule has 2 atom stereocenters. The molecule has 1 fully saturated rings. The van der Waals surface area contributed by atoms with Gasteiger partial charge in [0.1, 0.15) is 6.04 Å². The number of hydrogen-bond acceptors (Lipinski definition) is 5. The van der Waals surface area contributed by atoms with Crippen LogP contribution in [0.25, 0.3) is 0 Å². The molecule has 0 bridgehead atoms. The molecule has 2 rings (SSSR count). The molecule has 1 heterocycles. The van der Waals surface area contributed by atoms with Crippen LogP contribution in [0.3, 0.4) is 0 Å². The van der Waals surface area contributed by atoms with Crippen molar-refractivity contribution in [2.24, 2.45) is 17.6 Å². The second-order valence-corrected chi connectivity index (χ2v) is 10.9. The fourth-order valence-electron chi connectivity index (χ4n) is 3.64. The Labute approximate surface area is 184 Å². The van der Waals surface area contributed by atoms with Gasteiger partial charge in [-0.05, 0) is 24.3 Å². The zero-order chi connectivity index (χ0) is 23.2. The van der Waals surface area contributed by atoms with E-state index in [0.29, 0.717) is 6.42 Å². The third kappa shape index (κ3) is 7.88. The molecule has 1 unspecified atom stereocenters. The molecule has 1 saturated heterocycles. The molecule has 0 saturated carbocycles. The average Bonchev–Trinajstić information content (AvgIpc) is 2.66. The van der Waals surface area contributed by atoms with Gasteiger partial charge in [0, 0.05) is 0 Å². The highest BCUT2D eigenvalue weighted by molar-refractivity contribution is 7.89. The Hall–Kier alpha value is -2.01. The molecule has 0 radical (unpaired) electrons. The van der Waals surface area contributed by atoms with Crippen molar-refractivity contribution in [3.05, 3.63) is 41.1 Å². The van der Waals surface area contributed by atoms with Crippen molar-refractivity contribution in [3.8, 4) is 0 Å². The van der Waals surface area contributed by atoms with E-state index in [2.05, 4.69) is 5.32 Å². The van der Waals surface area contributed by atoms with Crippen LogP contribution < -0.4 is 11.1 Å². The van der Waals surface area contributed by atoms with Crippen LogP contribution in [0.2, 0.25) is 0 Å². The number of hydroxylamine groups is 3. The SMILES string of the molecule is CC(C)CC(NC(=O)[C@H](Cc1ccccc1)CS(=O)(=O)N1CC[N+](C)([O-])CC1)C(N)=O. The van der Waals surface area contributed by atoms with Gasteiger partial charge < -0.3 is 20.9 Å². The number of amides is 2. The van der Waals surface area contributed by atoms with Crippen molar-refractivity contribution in [1.29, 1.82) is 0 Å². The van der Waals surface area contributed by atoms with Gasteiger partial charge in [-0.15, -0.1) is 0 Å². The summed E-state index contributed by atoms with van der Waals surface area (Å²) in [6.45, 7) is 4.41. The summed E-state index contributed by atoms with van der Waals surface area (Å²) in [6, 6.07) is 8.28. The van der Waals surface area contributed by atoms with Gasteiger partial charge in [0.15, 0.2) is 0 Å². The van der Waals surface area contributed by atoms with Gasteiger partial charge >= 0.3 is 0 Å². The van der Waals surface area contributed by atoms with E-state index in [4.69, 9.17) is 5.73 Å². The third-order valence-electron chi connectivity index (χ3n) is 5.51. The molecule has 1 aliphatic heterocycles. The van der Waals surface area contributed by atoms with E-state index in [0.717, 1.165) is 5.56 Å². The molecule has 174 valence electrons. The average molecular weight is 455 g/mol. The number of sulfonamides is 1. The Morgan fingerprint density at radius 1 is 1.19 bits per heavy atom. The first-order valence-corrected chi connectivity index (χ1v) is 12.2. The summed E-state index contributed by atoms with van der Waals surface area (Å²) >= 11 is 0. The maximum Gasteiger partial charge on any atom is 0.240 e. The number of benzene rings is 1. The fraction of sp³-hybridized carbons (Fsp3) is 0.619. The number of nitrogens with one attached hydrogen (secondary N) is 1. The molecule has 3 N–H and O–H groups in total. The summed E-state index contributed by atoms with van der Waals surface area (Å²) in [5.74, 6) is -2.33. The van der Waals surface area contributed by atoms with Crippen molar-refractivity contribution < 1.29 is 22.7 Å². The van der Waals surface area contributed by atoms with E-state index in [9.17, 15) is 23.2 Å². The van der Waals surface area contributed by atoms with Crippen LogP contribution in [0.5, 0.6) is 0 Å². The van der Waals surface area contributed by atoms with E-state index in [1.165, 1.54) is 11.4 Å². The Bertz CT molecular complexity index is 848. The molecule has 0 aliphatic carbocycles. The summed E-state index contributed by atoms with van der Waals surface area (Å²) in [5, 5.41) is 14.7. The minimum absolute atomic E-state index is 0.124. The van der Waals surface area contributed by atoms with Gasteiger partial charge in [0.25, 0.3) is 0 Å². The standard InChI is InChI=1S/C21H34N4O5S/c1-16(2)13-19(20(22)26)23-21(27)18(14-17-7-5-4-6-8-17)15-31(29,30)24-9-11-25(3,28)12-10-24/h4-8,16,18-19H,9-15H2,1-3H3,(H2,22,26)(H,23,27)/t18-,19?/m1/s1. The number of quaternary nitrogens is 1. The Balaban J connectivity index is 2.19. The highest BCUT2D eigenvalue weighted by atomic mass is 32.2. The summed E-state index contributed by atoms with van der Waals surface area (Å²) in [6.07, 6.45) is 0.584. The number of nitrogens with two attached hydrogens (primary N) is 1. The molecule has 2 amide bonds. The molecule has 10 heteroatoms. The lowest BCUT2D eigenvalue weighted by Crippen LogP contribution is -2.56. The van der Waals surface area contributed by atoms with Crippen LogP contribution >= 0.6 is 0 Å². The van der Waals surface area contributed by atoms with Crippen molar-refractivity contribution in [2.45, 2.75) is 32.7 Å². The number of piperazine rings is 1. The molecule has 1 aromatic rings. The van der Waals surface area contributed by atoms with Crippen LogP contribution in [-0.4, -0.2) is 74.2 Å². The summed E-state index contributed by atoms with van der Waals surface area (Å²) in [5.41, 5.74) is 6.26. The number of primary amides is 1. The van der Waals surface area contributed by atoms with Gasteiger partial charge in [-0.25, -0.2) is 8.42 Å². The van der Waals surface area contributed by atoms with Gasteiger partial charge in [-0.2, -0.15) is 4.31 Å². The van der Waals surface area contributed by atoms with Crippen molar-refractivity contribution in [2.75, 3.05) is 39.0 Å². The molecule has 1 aliphatic rings. The second kappa shape index (κ2) is 10.5. The van der Waals surface area contributed by atoms with Crippen molar-refractivity contribution in [1.82, 2.24) is 9.62 Å². The molecular formula is C21H34N4O5S. The smallest absolute Gasteiger partial charge is 0.240 e. The highest BCUT2D eigenvalue weighted by Crippen LogP contribution is 2.18. The lowest BCUT2D eigenvalue weighted by atomic mass is 9.98. The Kier molecular flexibility index (Phi) is 8.58. The normalized spacial score (nSPS) is 19.0. The summed E-state index contributed by atoms with van der Waals surface area (Å²) in [7, 11) is -2.25.